The van der Waals surface area contributed by atoms with Crippen molar-refractivity contribution in [2.45, 2.75) is 19.8 Å². The number of unbranched alkanes of at least 4 members (excludes halogenated alkanes) is 1. The molecule has 2 rings (SSSR count). The van der Waals surface area contributed by atoms with Crippen LogP contribution in [0.25, 0.3) is 0 Å². The number of Topliss-reactive ketones (excluding diaryl/α,β-unsaturated/α-hetero) is 1. The number of fused-ring (bicyclic) bond motifs is 1. The van der Waals surface area contributed by atoms with Gasteiger partial charge < -0.3 is 14.8 Å². The van der Waals surface area contributed by atoms with Crippen LogP contribution < -0.4 is 14.8 Å². The molecule has 1 N–H and O–H groups in total. The monoisotopic (exact) mass is 299 g/mol. The lowest BCUT2D eigenvalue weighted by molar-refractivity contribution is 0.0829. The van der Waals surface area contributed by atoms with Gasteiger partial charge in [0.05, 0.1) is 25.2 Å². The van der Waals surface area contributed by atoms with E-state index in [4.69, 9.17) is 9.47 Å². The summed E-state index contributed by atoms with van der Waals surface area (Å²) in [5.74, 6) is 1.42. The zero-order chi connectivity index (χ0) is 13.7. The van der Waals surface area contributed by atoms with Gasteiger partial charge in [0.2, 0.25) is 0 Å². The summed E-state index contributed by atoms with van der Waals surface area (Å²) < 4.78 is 10.8. The quantitative estimate of drug-likeness (QED) is 0.821. The normalized spacial score (nSPS) is 16.9. The van der Waals surface area contributed by atoms with Crippen molar-refractivity contribution in [3.8, 4) is 11.5 Å². The van der Waals surface area contributed by atoms with Gasteiger partial charge >= 0.3 is 0 Å². The molecule has 20 heavy (non-hydrogen) atoms. The Morgan fingerprint density at radius 2 is 2.25 bits per heavy atom. The number of halogens is 1. The topological polar surface area (TPSA) is 47.6 Å². The molecule has 1 aromatic carbocycles. The van der Waals surface area contributed by atoms with E-state index in [0.29, 0.717) is 30.2 Å². The second-order valence-electron chi connectivity index (χ2n) is 4.79. The molecule has 1 aliphatic heterocycles. The molecule has 1 aromatic rings. The van der Waals surface area contributed by atoms with Crippen molar-refractivity contribution in [1.29, 1.82) is 0 Å². The maximum atomic E-state index is 12.3. The Morgan fingerprint density at radius 1 is 1.45 bits per heavy atom. The molecule has 1 unspecified atom stereocenters. The minimum Gasteiger partial charge on any atom is -0.497 e. The minimum absolute atomic E-state index is 0. The molecule has 0 aliphatic carbocycles. The van der Waals surface area contributed by atoms with E-state index in [2.05, 4.69) is 12.2 Å². The summed E-state index contributed by atoms with van der Waals surface area (Å²) >= 11 is 0. The first-order valence-corrected chi connectivity index (χ1v) is 6.82. The Morgan fingerprint density at radius 3 is 2.95 bits per heavy atom. The van der Waals surface area contributed by atoms with Gasteiger partial charge in [0, 0.05) is 12.6 Å². The molecule has 0 radical (unpaired) electrons. The van der Waals surface area contributed by atoms with Crippen molar-refractivity contribution in [3.63, 3.8) is 0 Å². The summed E-state index contributed by atoms with van der Waals surface area (Å²) in [6.07, 6.45) is 2.29. The smallest absolute Gasteiger partial charge is 0.174 e. The first kappa shape index (κ1) is 16.8. The van der Waals surface area contributed by atoms with E-state index in [0.717, 1.165) is 19.4 Å². The van der Waals surface area contributed by atoms with Crippen molar-refractivity contribution in [1.82, 2.24) is 5.32 Å². The molecule has 112 valence electrons. The number of ether oxygens (including phenoxy) is 2. The van der Waals surface area contributed by atoms with Gasteiger partial charge in [-0.1, -0.05) is 13.3 Å². The molecule has 5 heteroatoms. The zero-order valence-corrected chi connectivity index (χ0v) is 12.8. The summed E-state index contributed by atoms with van der Waals surface area (Å²) in [5, 5.41) is 3.31. The molecule has 1 heterocycles. The van der Waals surface area contributed by atoms with Gasteiger partial charge in [-0.2, -0.15) is 0 Å². The highest BCUT2D eigenvalue weighted by molar-refractivity contribution is 6.01. The number of ketones is 1. The highest BCUT2D eigenvalue weighted by Crippen LogP contribution is 2.30. The van der Waals surface area contributed by atoms with Crippen LogP contribution in [0.1, 0.15) is 30.1 Å². The van der Waals surface area contributed by atoms with Gasteiger partial charge in [0.15, 0.2) is 5.78 Å². The van der Waals surface area contributed by atoms with E-state index in [-0.39, 0.29) is 24.1 Å². The fourth-order valence-corrected chi connectivity index (χ4v) is 2.17. The average Bonchev–Trinajstić information content (AvgIpc) is 2.45. The highest BCUT2D eigenvalue weighted by atomic mass is 35.5. The maximum Gasteiger partial charge on any atom is 0.174 e. The first-order valence-electron chi connectivity index (χ1n) is 6.82. The van der Waals surface area contributed by atoms with Crippen LogP contribution in [0.4, 0.5) is 0 Å². The molecule has 0 spiro atoms. The lowest BCUT2D eigenvalue weighted by Gasteiger charge is -2.24. The van der Waals surface area contributed by atoms with E-state index in [1.54, 1.807) is 25.3 Å². The van der Waals surface area contributed by atoms with Gasteiger partial charge in [0.1, 0.15) is 11.5 Å². The van der Waals surface area contributed by atoms with Gasteiger partial charge in [0.25, 0.3) is 0 Å². The number of hydrogen-bond donors (Lipinski definition) is 1. The van der Waals surface area contributed by atoms with Crippen molar-refractivity contribution in [3.05, 3.63) is 23.8 Å². The highest BCUT2D eigenvalue weighted by Gasteiger charge is 2.28. The number of rotatable bonds is 6. The van der Waals surface area contributed by atoms with Crippen molar-refractivity contribution in [2.24, 2.45) is 5.92 Å². The SMILES string of the molecule is CCCCNCC1COc2cc(OC)ccc2C1=O.Cl. The third-order valence-electron chi connectivity index (χ3n) is 3.36. The van der Waals surface area contributed by atoms with Crippen molar-refractivity contribution in [2.75, 3.05) is 26.8 Å². The maximum absolute atomic E-state index is 12.3. The summed E-state index contributed by atoms with van der Waals surface area (Å²) in [7, 11) is 1.60. The summed E-state index contributed by atoms with van der Waals surface area (Å²) in [4.78, 5) is 12.3. The third-order valence-corrected chi connectivity index (χ3v) is 3.36. The molecule has 0 amide bonds. The molecular weight excluding hydrogens is 278 g/mol. The molecule has 0 aromatic heterocycles. The molecule has 1 aliphatic rings. The summed E-state index contributed by atoms with van der Waals surface area (Å²) in [6, 6.07) is 5.36. The first-order chi connectivity index (χ1) is 9.26. The largest absolute Gasteiger partial charge is 0.497 e. The van der Waals surface area contributed by atoms with Crippen LogP contribution >= 0.6 is 12.4 Å². The van der Waals surface area contributed by atoms with Gasteiger partial charge in [-0.25, -0.2) is 0 Å². The lowest BCUT2D eigenvalue weighted by Crippen LogP contribution is -2.36. The Kier molecular flexibility index (Phi) is 6.82. The lowest BCUT2D eigenvalue weighted by atomic mass is 9.95. The second kappa shape index (κ2) is 8.12. The number of hydrogen-bond acceptors (Lipinski definition) is 4. The van der Waals surface area contributed by atoms with E-state index in [1.807, 2.05) is 0 Å². The van der Waals surface area contributed by atoms with Crippen LogP contribution in [0.5, 0.6) is 11.5 Å². The zero-order valence-electron chi connectivity index (χ0n) is 12.0. The van der Waals surface area contributed by atoms with Crippen LogP contribution in [0.3, 0.4) is 0 Å². The molecule has 1 atom stereocenters. The minimum atomic E-state index is -0.0854. The second-order valence-corrected chi connectivity index (χ2v) is 4.79. The molecule has 0 saturated carbocycles. The van der Waals surface area contributed by atoms with E-state index in [9.17, 15) is 4.79 Å². The van der Waals surface area contributed by atoms with Crippen LogP contribution in [-0.2, 0) is 0 Å². The Bertz CT molecular complexity index is 451. The third kappa shape index (κ3) is 3.87. The summed E-state index contributed by atoms with van der Waals surface area (Å²) in [5.41, 5.74) is 0.661. The van der Waals surface area contributed by atoms with Crippen LogP contribution in [-0.4, -0.2) is 32.6 Å². The standard InChI is InChI=1S/C15H21NO3.ClH/c1-3-4-7-16-9-11-10-19-14-8-12(18-2)5-6-13(14)15(11)17;/h5-6,8,11,16H,3-4,7,9-10H2,1-2H3;1H. The van der Waals surface area contributed by atoms with Crippen molar-refractivity contribution >= 4 is 18.2 Å². The number of methoxy groups -OCH3 is 1. The number of benzene rings is 1. The molecule has 4 nitrogen and oxygen atoms in total. The molecule has 0 fully saturated rings. The Hall–Kier alpha value is -1.26. The molecular formula is C15H22ClNO3. The predicted molar refractivity (Wildman–Crippen MR) is 81.3 cm³/mol. The number of carbonyl (C=O) groups is 1. The van der Waals surface area contributed by atoms with Crippen LogP contribution in [0.15, 0.2) is 18.2 Å². The predicted octanol–water partition coefficient (Wildman–Crippen LogP) is 2.70. The van der Waals surface area contributed by atoms with E-state index in [1.165, 1.54) is 0 Å². The van der Waals surface area contributed by atoms with Crippen LogP contribution in [0, 0.1) is 5.92 Å². The fraction of sp³-hybridized carbons (Fsp3) is 0.533. The molecule has 0 saturated heterocycles. The Labute approximate surface area is 126 Å². The number of nitrogens with one attached hydrogen (secondary N) is 1. The van der Waals surface area contributed by atoms with Gasteiger partial charge in [-0.05, 0) is 25.1 Å². The van der Waals surface area contributed by atoms with E-state index < -0.39 is 0 Å². The van der Waals surface area contributed by atoms with Gasteiger partial charge in [-0.3, -0.25) is 4.79 Å². The molecule has 0 bridgehead atoms. The fourth-order valence-electron chi connectivity index (χ4n) is 2.17. The number of carbonyl (C=O) groups excluding carboxylic acids is 1. The average molecular weight is 300 g/mol. The van der Waals surface area contributed by atoms with E-state index >= 15 is 0 Å². The van der Waals surface area contributed by atoms with Crippen molar-refractivity contribution < 1.29 is 14.3 Å². The Balaban J connectivity index is 0.00000200. The summed E-state index contributed by atoms with van der Waals surface area (Å²) in [6.45, 7) is 4.23. The van der Waals surface area contributed by atoms with Gasteiger partial charge in [-0.15, -0.1) is 12.4 Å². The van der Waals surface area contributed by atoms with Crippen LogP contribution in [0.2, 0.25) is 0 Å².